The fraction of sp³-hybridized carbons (Fsp3) is 0.667. The highest BCUT2D eigenvalue weighted by Crippen LogP contribution is 2.23. The van der Waals surface area contributed by atoms with Crippen LogP contribution in [0.4, 0.5) is 0 Å². The summed E-state index contributed by atoms with van der Waals surface area (Å²) in [4.78, 5) is 7.01. The minimum Gasteiger partial charge on any atom is -0.357 e. The van der Waals surface area contributed by atoms with Crippen LogP contribution in [0.1, 0.15) is 45.6 Å². The summed E-state index contributed by atoms with van der Waals surface area (Å²) in [5, 5.41) is 3.36. The van der Waals surface area contributed by atoms with Gasteiger partial charge < -0.3 is 10.2 Å². The second kappa shape index (κ2) is 12.7. The normalized spacial score (nSPS) is 17.6. The van der Waals surface area contributed by atoms with Crippen LogP contribution < -0.4 is 5.32 Å². The molecule has 0 bridgehead atoms. The molecule has 0 radical (unpaired) electrons. The third kappa shape index (κ3) is 9.11. The maximum absolute atomic E-state index is 12.3. The molecule has 5 nitrogen and oxygen atoms in total. The van der Waals surface area contributed by atoms with Crippen molar-refractivity contribution in [2.75, 3.05) is 31.9 Å². The topological polar surface area (TPSA) is 61.8 Å². The Morgan fingerprint density at radius 2 is 2.00 bits per heavy atom. The highest BCUT2D eigenvalue weighted by Gasteiger charge is 2.25. The standard InChI is InChI=1S/C21H35N3O2S.HI/c1-4-22-21(24-13-11-20(16-24)15-18(2)3)23-12-8-14-27(25,26)17-19-9-6-5-7-10-19;/h5-7,9-10,18,20H,4,8,11-17H2,1-3H3,(H,22,23);1H. The third-order valence-electron chi connectivity index (χ3n) is 4.83. The van der Waals surface area contributed by atoms with Crippen LogP contribution in [0.15, 0.2) is 35.3 Å². The zero-order valence-electron chi connectivity index (χ0n) is 17.4. The monoisotopic (exact) mass is 521 g/mol. The zero-order valence-corrected chi connectivity index (χ0v) is 20.6. The van der Waals surface area contributed by atoms with Gasteiger partial charge in [0.1, 0.15) is 0 Å². The van der Waals surface area contributed by atoms with Gasteiger partial charge in [-0.3, -0.25) is 4.99 Å². The number of hydrogen-bond acceptors (Lipinski definition) is 3. The van der Waals surface area contributed by atoms with Crippen LogP contribution in [0.3, 0.4) is 0 Å². The Hall–Kier alpha value is -0.830. The van der Waals surface area contributed by atoms with Gasteiger partial charge in [0.2, 0.25) is 0 Å². The van der Waals surface area contributed by atoms with Crippen molar-refractivity contribution in [1.82, 2.24) is 10.2 Å². The van der Waals surface area contributed by atoms with E-state index in [4.69, 9.17) is 0 Å². The molecule has 1 aliphatic heterocycles. The van der Waals surface area contributed by atoms with Gasteiger partial charge in [-0.15, -0.1) is 24.0 Å². The molecular formula is C21H36IN3O2S. The van der Waals surface area contributed by atoms with Crippen molar-refractivity contribution in [1.29, 1.82) is 0 Å². The second-order valence-electron chi connectivity index (χ2n) is 7.90. The van der Waals surface area contributed by atoms with Gasteiger partial charge in [0, 0.05) is 26.2 Å². The Kier molecular flexibility index (Phi) is 11.4. The first-order valence-corrected chi connectivity index (χ1v) is 12.0. The highest BCUT2D eigenvalue weighted by molar-refractivity contribution is 14.0. The summed E-state index contributed by atoms with van der Waals surface area (Å²) in [5.41, 5.74) is 0.850. The second-order valence-corrected chi connectivity index (χ2v) is 10.1. The molecule has 7 heteroatoms. The first-order chi connectivity index (χ1) is 12.9. The molecule has 1 fully saturated rings. The lowest BCUT2D eigenvalue weighted by molar-refractivity contribution is 0.403. The van der Waals surface area contributed by atoms with Crippen molar-refractivity contribution >= 4 is 39.8 Å². The van der Waals surface area contributed by atoms with Crippen molar-refractivity contribution in [2.24, 2.45) is 16.8 Å². The number of halogens is 1. The van der Waals surface area contributed by atoms with Gasteiger partial charge in [0.05, 0.1) is 11.5 Å². The smallest absolute Gasteiger partial charge is 0.193 e. The summed E-state index contributed by atoms with van der Waals surface area (Å²) in [5.74, 6) is 2.69. The fourth-order valence-electron chi connectivity index (χ4n) is 3.68. The van der Waals surface area contributed by atoms with E-state index in [1.165, 1.54) is 12.8 Å². The summed E-state index contributed by atoms with van der Waals surface area (Å²) in [6, 6.07) is 9.37. The Morgan fingerprint density at radius 1 is 1.29 bits per heavy atom. The van der Waals surface area contributed by atoms with E-state index >= 15 is 0 Å². The molecule has 0 saturated carbocycles. The van der Waals surface area contributed by atoms with Crippen molar-refractivity contribution in [3.8, 4) is 0 Å². The lowest BCUT2D eigenvalue weighted by atomic mass is 9.97. The summed E-state index contributed by atoms with van der Waals surface area (Å²) in [6.45, 7) is 10.1. The SMILES string of the molecule is CCNC(=NCCCS(=O)(=O)Cc1ccccc1)N1CCC(CC(C)C)C1.I. The molecule has 1 N–H and O–H groups in total. The molecule has 2 rings (SSSR count). The van der Waals surface area contributed by atoms with Crippen LogP contribution in [0.2, 0.25) is 0 Å². The van der Waals surface area contributed by atoms with Crippen LogP contribution in [0.5, 0.6) is 0 Å². The number of hydrogen-bond donors (Lipinski definition) is 1. The molecular weight excluding hydrogens is 485 g/mol. The van der Waals surface area contributed by atoms with Crippen LogP contribution in [0, 0.1) is 11.8 Å². The van der Waals surface area contributed by atoms with Gasteiger partial charge in [0.15, 0.2) is 15.8 Å². The largest absolute Gasteiger partial charge is 0.357 e. The summed E-state index contributed by atoms with van der Waals surface area (Å²) >= 11 is 0. The summed E-state index contributed by atoms with van der Waals surface area (Å²) < 4.78 is 24.6. The Bertz CT molecular complexity index is 693. The highest BCUT2D eigenvalue weighted by atomic mass is 127. The van der Waals surface area contributed by atoms with Crippen molar-refractivity contribution in [3.05, 3.63) is 35.9 Å². The summed E-state index contributed by atoms with van der Waals surface area (Å²) in [7, 11) is -3.09. The molecule has 1 aliphatic rings. The molecule has 1 aromatic carbocycles. The predicted molar refractivity (Wildman–Crippen MR) is 129 cm³/mol. The zero-order chi connectivity index (χ0) is 19.7. The average Bonchev–Trinajstić information content (AvgIpc) is 3.05. The molecule has 1 aromatic rings. The predicted octanol–water partition coefficient (Wildman–Crippen LogP) is 3.94. The van der Waals surface area contributed by atoms with Crippen molar-refractivity contribution in [3.63, 3.8) is 0 Å². The van der Waals surface area contributed by atoms with Gasteiger partial charge in [-0.2, -0.15) is 0 Å². The lowest BCUT2D eigenvalue weighted by Crippen LogP contribution is -2.40. The van der Waals surface area contributed by atoms with E-state index in [-0.39, 0.29) is 35.5 Å². The molecule has 28 heavy (non-hydrogen) atoms. The first-order valence-electron chi connectivity index (χ1n) is 10.2. The summed E-state index contributed by atoms with van der Waals surface area (Å²) in [6.07, 6.45) is 3.04. The van der Waals surface area contributed by atoms with E-state index in [2.05, 4.69) is 36.0 Å². The van der Waals surface area contributed by atoms with E-state index in [0.29, 0.717) is 13.0 Å². The molecule has 0 amide bonds. The number of sulfone groups is 1. The molecule has 1 saturated heterocycles. The molecule has 0 spiro atoms. The molecule has 1 unspecified atom stereocenters. The number of nitrogens with zero attached hydrogens (tertiary/aromatic N) is 2. The molecule has 0 aromatic heterocycles. The number of nitrogens with one attached hydrogen (secondary N) is 1. The van der Waals surface area contributed by atoms with Crippen LogP contribution >= 0.6 is 24.0 Å². The van der Waals surface area contributed by atoms with Gasteiger partial charge in [-0.05, 0) is 43.6 Å². The first kappa shape index (κ1) is 25.2. The molecule has 0 aliphatic carbocycles. The maximum atomic E-state index is 12.3. The van der Waals surface area contributed by atoms with E-state index < -0.39 is 9.84 Å². The van der Waals surface area contributed by atoms with E-state index in [0.717, 1.165) is 43.0 Å². The van der Waals surface area contributed by atoms with E-state index in [9.17, 15) is 8.42 Å². The molecule has 1 heterocycles. The number of benzene rings is 1. The number of guanidine groups is 1. The average molecular weight is 522 g/mol. The molecule has 160 valence electrons. The maximum Gasteiger partial charge on any atom is 0.193 e. The van der Waals surface area contributed by atoms with Crippen LogP contribution in [-0.4, -0.2) is 51.2 Å². The number of likely N-dealkylation sites (tertiary alicyclic amines) is 1. The number of aliphatic imine (C=N–C) groups is 1. The van der Waals surface area contributed by atoms with Gasteiger partial charge in [0.25, 0.3) is 0 Å². The van der Waals surface area contributed by atoms with Crippen LogP contribution in [0.25, 0.3) is 0 Å². The van der Waals surface area contributed by atoms with Crippen molar-refractivity contribution in [2.45, 2.75) is 45.8 Å². The van der Waals surface area contributed by atoms with E-state index in [1.807, 2.05) is 30.3 Å². The van der Waals surface area contributed by atoms with Gasteiger partial charge in [-0.1, -0.05) is 44.2 Å². The fourth-order valence-corrected chi connectivity index (χ4v) is 5.09. The van der Waals surface area contributed by atoms with Gasteiger partial charge in [-0.25, -0.2) is 8.42 Å². The van der Waals surface area contributed by atoms with Gasteiger partial charge >= 0.3 is 0 Å². The number of rotatable bonds is 9. The Balaban J connectivity index is 0.00000392. The Labute approximate surface area is 188 Å². The minimum atomic E-state index is -3.09. The van der Waals surface area contributed by atoms with Crippen molar-refractivity contribution < 1.29 is 8.42 Å². The lowest BCUT2D eigenvalue weighted by Gasteiger charge is -2.22. The Morgan fingerprint density at radius 3 is 2.64 bits per heavy atom. The molecule has 1 atom stereocenters. The van der Waals surface area contributed by atoms with E-state index in [1.54, 1.807) is 0 Å². The van der Waals surface area contributed by atoms with Crippen LogP contribution in [-0.2, 0) is 15.6 Å². The minimum absolute atomic E-state index is 0. The third-order valence-corrected chi connectivity index (χ3v) is 6.51. The quantitative estimate of drug-likeness (QED) is 0.232.